The van der Waals surface area contributed by atoms with Gasteiger partial charge in [-0.2, -0.15) is 0 Å². The molecule has 2 aromatic carbocycles. The molecule has 4 N–H and O–H groups in total. The van der Waals surface area contributed by atoms with Crippen LogP contribution in [0.4, 0.5) is 0 Å². The Hall–Kier alpha value is -2.67. The van der Waals surface area contributed by atoms with Gasteiger partial charge >= 0.3 is 5.97 Å². The van der Waals surface area contributed by atoms with Crippen molar-refractivity contribution >= 4 is 34.8 Å². The van der Waals surface area contributed by atoms with Crippen molar-refractivity contribution in [1.82, 2.24) is 5.32 Å². The highest BCUT2D eigenvalue weighted by Gasteiger charge is 2.28. The SMILES string of the molecule is NCC1CCC(C(=O)NC(Cc2cc(-c3ccc(C(=O)O)cc3)c(Cl)s2)c2ccccc2)CC1. The molecule has 1 aliphatic carbocycles. The average molecular weight is 497 g/mol. The van der Waals surface area contributed by atoms with E-state index in [0.29, 0.717) is 23.2 Å². The number of aromatic carboxylic acids is 1. The van der Waals surface area contributed by atoms with Crippen LogP contribution in [0.15, 0.2) is 60.7 Å². The Morgan fingerprint density at radius 2 is 1.74 bits per heavy atom. The zero-order chi connectivity index (χ0) is 24.1. The first-order valence-electron chi connectivity index (χ1n) is 11.6. The Morgan fingerprint density at radius 3 is 2.35 bits per heavy atom. The lowest BCUT2D eigenvalue weighted by atomic mass is 9.81. The van der Waals surface area contributed by atoms with Gasteiger partial charge in [0.1, 0.15) is 4.34 Å². The van der Waals surface area contributed by atoms with E-state index in [2.05, 4.69) is 5.32 Å². The van der Waals surface area contributed by atoms with Gasteiger partial charge in [-0.1, -0.05) is 54.1 Å². The molecule has 1 fully saturated rings. The summed E-state index contributed by atoms with van der Waals surface area (Å²) in [6.07, 6.45) is 4.42. The van der Waals surface area contributed by atoms with E-state index in [1.165, 1.54) is 11.3 Å². The van der Waals surface area contributed by atoms with Gasteiger partial charge in [0.25, 0.3) is 0 Å². The van der Waals surface area contributed by atoms with Crippen molar-refractivity contribution in [3.05, 3.63) is 81.0 Å². The summed E-state index contributed by atoms with van der Waals surface area (Å²) in [5, 5.41) is 12.4. The van der Waals surface area contributed by atoms with Gasteiger partial charge in [-0.05, 0) is 67.5 Å². The second kappa shape index (κ2) is 11.2. The quantitative estimate of drug-likeness (QED) is 0.360. The maximum absolute atomic E-state index is 13.1. The minimum absolute atomic E-state index is 0.0317. The number of nitrogens with two attached hydrogens (primary N) is 1. The Balaban J connectivity index is 1.51. The van der Waals surface area contributed by atoms with Crippen molar-refractivity contribution in [1.29, 1.82) is 0 Å². The van der Waals surface area contributed by atoms with E-state index in [-0.39, 0.29) is 23.4 Å². The molecule has 1 unspecified atom stereocenters. The van der Waals surface area contributed by atoms with E-state index in [1.807, 2.05) is 36.4 Å². The lowest BCUT2D eigenvalue weighted by molar-refractivity contribution is -0.127. The normalized spacial score (nSPS) is 18.9. The number of hydrogen-bond donors (Lipinski definition) is 3. The summed E-state index contributed by atoms with van der Waals surface area (Å²) in [7, 11) is 0. The van der Waals surface area contributed by atoms with Crippen LogP contribution in [0.25, 0.3) is 11.1 Å². The number of amides is 1. The highest BCUT2D eigenvalue weighted by Crippen LogP contribution is 2.38. The molecule has 0 bridgehead atoms. The van der Waals surface area contributed by atoms with Crippen LogP contribution in [-0.4, -0.2) is 23.5 Å². The smallest absolute Gasteiger partial charge is 0.335 e. The maximum atomic E-state index is 13.1. The summed E-state index contributed by atoms with van der Waals surface area (Å²) in [6.45, 7) is 0.696. The summed E-state index contributed by atoms with van der Waals surface area (Å²) in [5.41, 5.74) is 8.85. The van der Waals surface area contributed by atoms with E-state index >= 15 is 0 Å². The summed E-state index contributed by atoms with van der Waals surface area (Å²) in [6, 6.07) is 18.6. The number of hydrogen-bond acceptors (Lipinski definition) is 4. The molecule has 1 atom stereocenters. The fourth-order valence-electron chi connectivity index (χ4n) is 4.60. The second-order valence-corrected chi connectivity index (χ2v) is 10.7. The number of carbonyl (C=O) groups excluding carboxylic acids is 1. The monoisotopic (exact) mass is 496 g/mol. The highest BCUT2D eigenvalue weighted by atomic mass is 35.5. The predicted molar refractivity (Wildman–Crippen MR) is 137 cm³/mol. The van der Waals surface area contributed by atoms with Crippen molar-refractivity contribution in [2.24, 2.45) is 17.6 Å². The Labute approximate surface area is 209 Å². The molecule has 0 saturated heterocycles. The lowest BCUT2D eigenvalue weighted by Gasteiger charge is -2.28. The van der Waals surface area contributed by atoms with Crippen LogP contribution in [-0.2, 0) is 11.2 Å². The number of nitrogens with one attached hydrogen (secondary N) is 1. The minimum atomic E-state index is -0.957. The number of carbonyl (C=O) groups is 2. The summed E-state index contributed by atoms with van der Waals surface area (Å²) in [4.78, 5) is 25.3. The number of thiophene rings is 1. The first-order chi connectivity index (χ1) is 16.4. The largest absolute Gasteiger partial charge is 0.478 e. The molecule has 1 aliphatic rings. The zero-order valence-corrected chi connectivity index (χ0v) is 20.4. The van der Waals surface area contributed by atoms with Crippen LogP contribution in [0.2, 0.25) is 4.34 Å². The number of benzene rings is 2. The average Bonchev–Trinajstić information content (AvgIpc) is 3.24. The Bertz CT molecular complexity index is 1120. The van der Waals surface area contributed by atoms with Gasteiger partial charge in [0, 0.05) is 22.8 Å². The van der Waals surface area contributed by atoms with Gasteiger partial charge in [-0.3, -0.25) is 4.79 Å². The molecule has 34 heavy (non-hydrogen) atoms. The van der Waals surface area contributed by atoms with E-state index < -0.39 is 5.97 Å². The standard InChI is InChI=1S/C27H29ClN2O3S/c28-25-23(18-10-12-21(13-11-18)27(32)33)14-22(34-25)15-24(19-4-2-1-3-5-19)30-26(31)20-8-6-17(16-29)7-9-20/h1-5,10-14,17,20,24H,6-9,15-16,29H2,(H,30,31)(H,32,33). The van der Waals surface area contributed by atoms with Gasteiger partial charge in [0.2, 0.25) is 5.91 Å². The van der Waals surface area contributed by atoms with Gasteiger partial charge in [-0.25, -0.2) is 4.79 Å². The second-order valence-electron chi connectivity index (χ2n) is 8.91. The Morgan fingerprint density at radius 1 is 1.06 bits per heavy atom. The van der Waals surface area contributed by atoms with E-state index in [4.69, 9.17) is 22.4 Å². The number of rotatable bonds is 8. The number of carboxylic acids is 1. The third kappa shape index (κ3) is 5.87. The van der Waals surface area contributed by atoms with Crippen molar-refractivity contribution in [3.63, 3.8) is 0 Å². The van der Waals surface area contributed by atoms with Gasteiger partial charge in [-0.15, -0.1) is 11.3 Å². The molecular weight excluding hydrogens is 468 g/mol. The molecule has 0 radical (unpaired) electrons. The molecule has 178 valence electrons. The third-order valence-corrected chi connectivity index (χ3v) is 8.04. The molecule has 0 aliphatic heterocycles. The van der Waals surface area contributed by atoms with Crippen LogP contribution < -0.4 is 11.1 Å². The third-order valence-electron chi connectivity index (χ3n) is 6.66. The van der Waals surface area contributed by atoms with Gasteiger partial charge in [0.15, 0.2) is 0 Å². The van der Waals surface area contributed by atoms with Gasteiger partial charge < -0.3 is 16.2 Å². The fraction of sp³-hybridized carbons (Fsp3) is 0.333. The molecule has 1 aromatic heterocycles. The fourth-order valence-corrected chi connectivity index (χ4v) is 6.00. The molecule has 1 amide bonds. The molecular formula is C27H29ClN2O3S. The van der Waals surface area contributed by atoms with Crippen molar-refractivity contribution in [3.8, 4) is 11.1 Å². The molecule has 1 saturated carbocycles. The lowest BCUT2D eigenvalue weighted by Crippen LogP contribution is -2.37. The molecule has 3 aromatic rings. The summed E-state index contributed by atoms with van der Waals surface area (Å²) in [5.74, 6) is -0.285. The van der Waals surface area contributed by atoms with Crippen molar-refractivity contribution in [2.75, 3.05) is 6.54 Å². The first-order valence-corrected chi connectivity index (χ1v) is 12.8. The van der Waals surface area contributed by atoms with E-state index in [1.54, 1.807) is 24.3 Å². The first kappa shape index (κ1) is 24.5. The number of halogens is 1. The highest BCUT2D eigenvalue weighted by molar-refractivity contribution is 7.16. The van der Waals surface area contributed by atoms with Crippen molar-refractivity contribution < 1.29 is 14.7 Å². The molecule has 4 rings (SSSR count). The molecule has 7 heteroatoms. The molecule has 5 nitrogen and oxygen atoms in total. The van der Waals surface area contributed by atoms with Crippen LogP contribution in [0.1, 0.15) is 52.5 Å². The zero-order valence-electron chi connectivity index (χ0n) is 18.9. The molecule has 1 heterocycles. The van der Waals surface area contributed by atoms with Crippen molar-refractivity contribution in [2.45, 2.75) is 38.1 Å². The number of carboxylic acid groups (broad SMARTS) is 1. The van der Waals surface area contributed by atoms with E-state index in [9.17, 15) is 9.59 Å². The van der Waals surface area contributed by atoms with Crippen LogP contribution in [0, 0.1) is 11.8 Å². The molecule has 0 spiro atoms. The summed E-state index contributed by atoms with van der Waals surface area (Å²) < 4.78 is 0.649. The van der Waals surface area contributed by atoms with Crippen LogP contribution in [0.3, 0.4) is 0 Å². The minimum Gasteiger partial charge on any atom is -0.478 e. The van der Waals surface area contributed by atoms with Crippen LogP contribution >= 0.6 is 22.9 Å². The predicted octanol–water partition coefficient (Wildman–Crippen LogP) is 5.93. The van der Waals surface area contributed by atoms with Crippen LogP contribution in [0.5, 0.6) is 0 Å². The topological polar surface area (TPSA) is 92.4 Å². The van der Waals surface area contributed by atoms with Gasteiger partial charge in [0.05, 0.1) is 11.6 Å². The van der Waals surface area contributed by atoms with E-state index in [0.717, 1.165) is 47.3 Å². The Kier molecular flexibility index (Phi) is 8.03. The summed E-state index contributed by atoms with van der Waals surface area (Å²) >= 11 is 8.06. The maximum Gasteiger partial charge on any atom is 0.335 e.